The molecule has 0 aliphatic carbocycles. The Morgan fingerprint density at radius 3 is 1.37 bits per heavy atom. The molecule has 0 saturated carbocycles. The first kappa shape index (κ1) is 45.4. The molecular weight excluding hydrogens is 821 g/mol. The van der Waals surface area contributed by atoms with Gasteiger partial charge in [0.15, 0.2) is 0 Å². The second kappa shape index (κ2) is 15.6. The van der Waals surface area contributed by atoms with Gasteiger partial charge in [-0.25, -0.2) is 0 Å². The fraction of sp³-hybridized carbons (Fsp3) is 0.303. The highest BCUT2D eigenvalue weighted by Gasteiger charge is 2.31. The third kappa shape index (κ3) is 7.65. The van der Waals surface area contributed by atoms with Crippen LogP contribution in [0.3, 0.4) is 0 Å². The third-order valence-electron chi connectivity index (χ3n) is 14.7. The standard InChI is InChI=1S/C66H70N2/c1-62(2,3)44-27-21-41(22-28-44)50-39-54(66(13,14)15)59(40-53(50)65(10,11)12)67(47-19-17-16-18-20-47)55-33-25-42-24-32-49-56(34-26-43-23-31-48(55)60(42)61(43)49)68-57-35-29-45(63(4,5)6)37-51(57)52-38-46(64(7,8)9)30-36-58(52)68/h16-40H,1-15H3. The Balaban J connectivity index is 1.25. The Morgan fingerprint density at radius 2 is 0.838 bits per heavy atom. The summed E-state index contributed by atoms with van der Waals surface area (Å²) >= 11 is 0. The topological polar surface area (TPSA) is 8.17 Å². The Labute approximate surface area is 406 Å². The molecule has 68 heavy (non-hydrogen) atoms. The van der Waals surface area contributed by atoms with Crippen molar-refractivity contribution in [2.75, 3.05) is 4.90 Å². The maximum Gasteiger partial charge on any atom is 0.0541 e. The molecule has 10 aromatic rings. The zero-order chi connectivity index (χ0) is 48.5. The molecule has 9 aromatic carbocycles. The Hall–Kier alpha value is -6.38. The number of aromatic nitrogens is 1. The van der Waals surface area contributed by atoms with Crippen LogP contribution in [0.5, 0.6) is 0 Å². The van der Waals surface area contributed by atoms with Gasteiger partial charge in [-0.3, -0.25) is 0 Å². The van der Waals surface area contributed by atoms with E-state index in [1.165, 1.54) is 110 Å². The SMILES string of the molecule is CC(C)(C)c1ccc(-c2cc(C(C)(C)C)c(N(c3ccccc3)c3ccc4ccc5c(-n6c7ccc(C(C)(C)C)cc7c7cc(C(C)(C)C)ccc76)ccc6ccc3c4c65)cc2C(C)(C)C)cc1. The maximum atomic E-state index is 2.56. The minimum Gasteiger partial charge on any atom is -0.310 e. The van der Waals surface area contributed by atoms with E-state index in [-0.39, 0.29) is 27.1 Å². The predicted octanol–water partition coefficient (Wildman–Crippen LogP) is 19.3. The van der Waals surface area contributed by atoms with Gasteiger partial charge in [-0.15, -0.1) is 0 Å². The van der Waals surface area contributed by atoms with Gasteiger partial charge in [-0.1, -0.05) is 195 Å². The number of para-hydroxylation sites is 1. The van der Waals surface area contributed by atoms with Crippen LogP contribution in [0.2, 0.25) is 0 Å². The van der Waals surface area contributed by atoms with Gasteiger partial charge in [-0.2, -0.15) is 0 Å². The van der Waals surface area contributed by atoms with Crippen molar-refractivity contribution in [2.24, 2.45) is 0 Å². The van der Waals surface area contributed by atoms with Crippen molar-refractivity contribution in [3.8, 4) is 16.8 Å². The smallest absolute Gasteiger partial charge is 0.0541 e. The van der Waals surface area contributed by atoms with E-state index in [2.05, 4.69) is 265 Å². The normalized spacial score (nSPS) is 13.2. The van der Waals surface area contributed by atoms with Crippen LogP contribution in [0, 0.1) is 0 Å². The van der Waals surface area contributed by atoms with E-state index in [1.54, 1.807) is 0 Å². The lowest BCUT2D eigenvalue weighted by Gasteiger charge is -2.36. The molecule has 0 fully saturated rings. The fourth-order valence-corrected chi connectivity index (χ4v) is 10.7. The number of fused-ring (bicyclic) bond motifs is 3. The molecule has 0 amide bonds. The largest absolute Gasteiger partial charge is 0.310 e. The van der Waals surface area contributed by atoms with Crippen LogP contribution in [0.15, 0.2) is 152 Å². The van der Waals surface area contributed by atoms with Crippen LogP contribution < -0.4 is 4.90 Å². The number of anilines is 3. The van der Waals surface area contributed by atoms with Gasteiger partial charge < -0.3 is 9.47 Å². The summed E-state index contributed by atoms with van der Waals surface area (Å²) in [6.07, 6.45) is 0. The monoisotopic (exact) mass is 891 g/mol. The molecular formula is C66H70N2. The van der Waals surface area contributed by atoms with Crippen molar-refractivity contribution in [2.45, 2.75) is 131 Å². The second-order valence-electron chi connectivity index (χ2n) is 24.8. The lowest BCUT2D eigenvalue weighted by atomic mass is 9.76. The molecule has 0 atom stereocenters. The second-order valence-corrected chi connectivity index (χ2v) is 24.8. The Kier molecular flexibility index (Phi) is 10.4. The summed E-state index contributed by atoms with van der Waals surface area (Å²) in [5.41, 5.74) is 16.4. The first-order valence-electron chi connectivity index (χ1n) is 24.8. The Bertz CT molecular complexity index is 3470. The van der Waals surface area contributed by atoms with Crippen molar-refractivity contribution in [3.05, 3.63) is 179 Å². The van der Waals surface area contributed by atoms with Crippen LogP contribution in [-0.4, -0.2) is 4.57 Å². The highest BCUT2D eigenvalue weighted by molar-refractivity contribution is 6.27. The van der Waals surface area contributed by atoms with Crippen molar-refractivity contribution in [1.29, 1.82) is 0 Å². The highest BCUT2D eigenvalue weighted by atomic mass is 15.1. The molecule has 0 bridgehead atoms. The molecule has 0 unspecified atom stereocenters. The molecule has 0 saturated heterocycles. The van der Waals surface area contributed by atoms with Gasteiger partial charge in [0.1, 0.15) is 0 Å². The quantitative estimate of drug-likeness (QED) is 0.156. The van der Waals surface area contributed by atoms with Gasteiger partial charge >= 0.3 is 0 Å². The molecule has 2 heteroatoms. The number of benzene rings is 9. The average molecular weight is 891 g/mol. The van der Waals surface area contributed by atoms with Crippen LogP contribution in [0.4, 0.5) is 17.1 Å². The zero-order valence-electron chi connectivity index (χ0n) is 43.3. The summed E-state index contributed by atoms with van der Waals surface area (Å²) in [6, 6.07) is 58.6. The third-order valence-corrected chi connectivity index (χ3v) is 14.7. The molecule has 0 N–H and O–H groups in total. The van der Waals surface area contributed by atoms with E-state index in [9.17, 15) is 0 Å². The van der Waals surface area contributed by atoms with E-state index < -0.39 is 0 Å². The summed E-state index contributed by atoms with van der Waals surface area (Å²) in [5, 5.41) is 10.2. The van der Waals surface area contributed by atoms with Crippen molar-refractivity contribution in [3.63, 3.8) is 0 Å². The van der Waals surface area contributed by atoms with Gasteiger partial charge in [0.2, 0.25) is 0 Å². The Morgan fingerprint density at radius 1 is 0.353 bits per heavy atom. The van der Waals surface area contributed by atoms with Crippen LogP contribution >= 0.6 is 0 Å². The van der Waals surface area contributed by atoms with Gasteiger partial charge in [0, 0.05) is 27.2 Å². The molecule has 1 aromatic heterocycles. The number of hydrogen-bond donors (Lipinski definition) is 0. The van der Waals surface area contributed by atoms with E-state index in [0.717, 1.165) is 5.69 Å². The first-order valence-corrected chi connectivity index (χ1v) is 24.8. The molecule has 0 radical (unpaired) electrons. The van der Waals surface area contributed by atoms with E-state index in [1.807, 2.05) is 0 Å². The van der Waals surface area contributed by atoms with Crippen molar-refractivity contribution in [1.82, 2.24) is 4.57 Å². The first-order chi connectivity index (χ1) is 31.9. The number of nitrogens with zero attached hydrogens (tertiary/aromatic N) is 2. The average Bonchev–Trinajstić information content (AvgIpc) is 3.60. The minimum atomic E-state index is -0.166. The predicted molar refractivity (Wildman–Crippen MR) is 298 cm³/mol. The zero-order valence-corrected chi connectivity index (χ0v) is 43.3. The molecule has 10 rings (SSSR count). The number of hydrogen-bond acceptors (Lipinski definition) is 1. The summed E-state index contributed by atoms with van der Waals surface area (Å²) < 4.78 is 2.54. The van der Waals surface area contributed by atoms with Crippen molar-refractivity contribution >= 4 is 71.2 Å². The van der Waals surface area contributed by atoms with Crippen LogP contribution in [-0.2, 0) is 27.1 Å². The van der Waals surface area contributed by atoms with Crippen LogP contribution in [0.1, 0.15) is 132 Å². The van der Waals surface area contributed by atoms with E-state index >= 15 is 0 Å². The highest BCUT2D eigenvalue weighted by Crippen LogP contribution is 2.50. The molecule has 0 spiro atoms. The summed E-state index contributed by atoms with van der Waals surface area (Å²) in [6.45, 7) is 35.0. The maximum absolute atomic E-state index is 2.56. The lowest BCUT2D eigenvalue weighted by molar-refractivity contribution is 0.579. The molecule has 0 aliphatic rings. The van der Waals surface area contributed by atoms with Crippen molar-refractivity contribution < 1.29 is 0 Å². The molecule has 2 nitrogen and oxygen atoms in total. The molecule has 0 aliphatic heterocycles. The van der Waals surface area contributed by atoms with E-state index in [0.29, 0.717) is 0 Å². The summed E-state index contributed by atoms with van der Waals surface area (Å²) in [7, 11) is 0. The van der Waals surface area contributed by atoms with Gasteiger partial charge in [-0.05, 0) is 148 Å². The summed E-state index contributed by atoms with van der Waals surface area (Å²) in [5.74, 6) is 0. The lowest BCUT2D eigenvalue weighted by Crippen LogP contribution is -2.22. The summed E-state index contributed by atoms with van der Waals surface area (Å²) in [4.78, 5) is 2.56. The van der Waals surface area contributed by atoms with Crippen LogP contribution in [0.25, 0.3) is 70.9 Å². The minimum absolute atomic E-state index is 0.0327. The van der Waals surface area contributed by atoms with E-state index in [4.69, 9.17) is 0 Å². The van der Waals surface area contributed by atoms with Gasteiger partial charge in [0.25, 0.3) is 0 Å². The molecule has 1 heterocycles. The number of rotatable bonds is 5. The fourth-order valence-electron chi connectivity index (χ4n) is 10.7. The van der Waals surface area contributed by atoms with Gasteiger partial charge in [0.05, 0.1) is 28.1 Å². The molecule has 344 valence electrons.